The number of aliphatic imine (C=N–C) groups is 1. The molecule has 0 radical (unpaired) electrons. The lowest BCUT2D eigenvalue weighted by Crippen LogP contribution is -2.48. The zero-order chi connectivity index (χ0) is 23.8. The van der Waals surface area contributed by atoms with Crippen molar-refractivity contribution in [2.24, 2.45) is 4.99 Å². The predicted octanol–water partition coefficient (Wildman–Crippen LogP) is 6.74. The number of halogens is 1. The zero-order valence-corrected chi connectivity index (χ0v) is 21.3. The van der Waals surface area contributed by atoms with Crippen molar-refractivity contribution in [3.63, 3.8) is 0 Å². The Balaban J connectivity index is 1.60. The highest BCUT2D eigenvalue weighted by Gasteiger charge is 2.36. The molecule has 33 heavy (non-hydrogen) atoms. The fourth-order valence-corrected chi connectivity index (χ4v) is 5.80. The topological polar surface area (TPSA) is 53.9 Å². The quantitative estimate of drug-likeness (QED) is 0.478. The number of rotatable bonds is 5. The van der Waals surface area contributed by atoms with E-state index in [9.17, 15) is 4.79 Å². The lowest BCUT2D eigenvalue weighted by molar-refractivity contribution is -0.115. The Kier molecular flexibility index (Phi) is 6.78. The number of thioether (sulfide) groups is 1. The Morgan fingerprint density at radius 2 is 2.00 bits per heavy atom. The van der Waals surface area contributed by atoms with Gasteiger partial charge in [-0.05, 0) is 105 Å². The van der Waals surface area contributed by atoms with Crippen molar-refractivity contribution in [2.45, 2.75) is 52.5 Å². The van der Waals surface area contributed by atoms with Crippen LogP contribution in [0.3, 0.4) is 0 Å². The molecule has 2 aromatic carbocycles. The van der Waals surface area contributed by atoms with Gasteiger partial charge in [-0.15, -0.1) is 0 Å². The first kappa shape index (κ1) is 23.7. The van der Waals surface area contributed by atoms with Crippen molar-refractivity contribution in [3.05, 3.63) is 57.5 Å². The molecule has 0 saturated carbocycles. The molecular formula is C26H30ClN3O2S. The van der Waals surface area contributed by atoms with Gasteiger partial charge in [0.05, 0.1) is 17.2 Å². The summed E-state index contributed by atoms with van der Waals surface area (Å²) in [7, 11) is 0. The third-order valence-corrected chi connectivity index (χ3v) is 7.37. The van der Waals surface area contributed by atoms with Crippen LogP contribution in [-0.2, 0) is 4.79 Å². The molecule has 7 heteroatoms. The normalized spacial score (nSPS) is 21.9. The van der Waals surface area contributed by atoms with E-state index in [-0.39, 0.29) is 11.4 Å². The number of benzene rings is 2. The van der Waals surface area contributed by atoms with Crippen LogP contribution in [0, 0.1) is 0 Å². The highest BCUT2D eigenvalue weighted by molar-refractivity contribution is 8.18. The lowest BCUT2D eigenvalue weighted by atomic mass is 9.79. The molecule has 5 nitrogen and oxygen atoms in total. The Morgan fingerprint density at radius 3 is 2.67 bits per heavy atom. The van der Waals surface area contributed by atoms with Gasteiger partial charge < -0.3 is 15.0 Å². The second kappa shape index (κ2) is 9.43. The number of ether oxygens (including phenoxy) is 1. The number of nitrogens with one attached hydrogen (secondary N) is 1. The fourth-order valence-electron chi connectivity index (χ4n) is 4.75. The number of nitrogens with zero attached hydrogens (tertiary/aromatic N) is 2. The smallest absolute Gasteiger partial charge is 0.264 e. The number of anilines is 1. The summed E-state index contributed by atoms with van der Waals surface area (Å²) in [6, 6.07) is 11.7. The van der Waals surface area contributed by atoms with Crippen LogP contribution >= 0.6 is 23.4 Å². The summed E-state index contributed by atoms with van der Waals surface area (Å²) >= 11 is 8.03. The Bertz CT molecular complexity index is 1130. The summed E-state index contributed by atoms with van der Waals surface area (Å²) in [5, 5.41) is 4.05. The van der Waals surface area contributed by atoms with E-state index in [1.165, 1.54) is 23.0 Å². The van der Waals surface area contributed by atoms with Crippen LogP contribution in [0.15, 0.2) is 46.3 Å². The van der Waals surface area contributed by atoms with E-state index in [2.05, 4.69) is 55.0 Å². The Morgan fingerprint density at radius 1 is 1.27 bits per heavy atom. The number of hydrogen-bond acceptors (Lipinski definition) is 5. The highest BCUT2D eigenvalue weighted by atomic mass is 35.5. The molecule has 2 heterocycles. The summed E-state index contributed by atoms with van der Waals surface area (Å²) in [4.78, 5) is 20.2. The molecule has 0 spiro atoms. The number of amides is 1. The number of fused-ring (bicyclic) bond motifs is 1. The van der Waals surface area contributed by atoms with Crippen molar-refractivity contribution in [2.75, 3.05) is 18.1 Å². The van der Waals surface area contributed by atoms with Crippen LogP contribution in [-0.4, -0.2) is 29.8 Å². The fraction of sp³-hybridized carbons (Fsp3) is 0.385. The van der Waals surface area contributed by atoms with Crippen LogP contribution in [0.4, 0.5) is 11.4 Å². The van der Waals surface area contributed by atoms with Crippen molar-refractivity contribution in [3.8, 4) is 5.75 Å². The van der Waals surface area contributed by atoms with E-state index < -0.39 is 0 Å². The van der Waals surface area contributed by atoms with Gasteiger partial charge in [0.2, 0.25) is 0 Å². The van der Waals surface area contributed by atoms with Gasteiger partial charge in [0.1, 0.15) is 5.75 Å². The molecule has 1 unspecified atom stereocenters. The molecule has 0 aromatic heterocycles. The summed E-state index contributed by atoms with van der Waals surface area (Å²) in [5.74, 6) is 1.04. The lowest BCUT2D eigenvalue weighted by Gasteiger charge is -2.47. The minimum Gasteiger partial charge on any atom is -0.494 e. The molecule has 2 aromatic rings. The van der Waals surface area contributed by atoms with Crippen LogP contribution in [0.2, 0.25) is 5.02 Å². The van der Waals surface area contributed by atoms with Crippen LogP contribution in [0.5, 0.6) is 5.75 Å². The second-order valence-corrected chi connectivity index (χ2v) is 10.4. The molecule has 2 aliphatic heterocycles. The molecule has 1 N–H and O–H groups in total. The molecule has 2 aliphatic rings. The standard InChI is InChI=1S/C26H30ClN3O2S/c1-6-30-22-14-21(27)17(12-20(22)16(3)15-26(30,4)5)13-23-24(31)29-25(33-23)28-18-8-10-19(11-9-18)32-7-2/h8-14,16H,6-7,15H2,1-5H3,(H,28,29,31)/b23-13+. The molecule has 1 atom stereocenters. The van der Waals surface area contributed by atoms with Crippen molar-refractivity contribution < 1.29 is 9.53 Å². The Hall–Kier alpha value is -2.44. The van der Waals surface area contributed by atoms with Crippen molar-refractivity contribution in [1.82, 2.24) is 5.32 Å². The number of hydrogen-bond donors (Lipinski definition) is 1. The Labute approximate surface area is 205 Å². The van der Waals surface area contributed by atoms with Gasteiger partial charge in [0, 0.05) is 22.8 Å². The molecule has 0 bridgehead atoms. The molecule has 1 amide bonds. The average Bonchev–Trinajstić information content (AvgIpc) is 3.09. The van der Waals surface area contributed by atoms with E-state index >= 15 is 0 Å². The SMILES string of the molecule is CCOc1ccc(N=C2NC(=O)/C(=C\c3cc4c(cc3Cl)N(CC)C(C)(C)CC4C)S2)cc1. The van der Waals surface area contributed by atoms with Crippen molar-refractivity contribution >= 4 is 51.9 Å². The maximum absolute atomic E-state index is 12.6. The largest absolute Gasteiger partial charge is 0.494 e. The minimum absolute atomic E-state index is 0.0812. The molecule has 174 valence electrons. The van der Waals surface area contributed by atoms with Crippen LogP contribution in [0.25, 0.3) is 6.08 Å². The van der Waals surface area contributed by atoms with Crippen LogP contribution < -0.4 is 15.0 Å². The monoisotopic (exact) mass is 483 g/mol. The van der Waals surface area contributed by atoms with Gasteiger partial charge in [-0.3, -0.25) is 4.79 Å². The van der Waals surface area contributed by atoms with Gasteiger partial charge in [0.25, 0.3) is 5.91 Å². The van der Waals surface area contributed by atoms with E-state index in [0.29, 0.717) is 27.6 Å². The number of carbonyl (C=O) groups excluding carboxylic acids is 1. The van der Waals surface area contributed by atoms with E-state index in [1.54, 1.807) is 0 Å². The first-order valence-corrected chi connectivity index (χ1v) is 12.5. The maximum atomic E-state index is 12.6. The third-order valence-electron chi connectivity index (χ3n) is 6.14. The van der Waals surface area contributed by atoms with Crippen molar-refractivity contribution in [1.29, 1.82) is 0 Å². The first-order valence-electron chi connectivity index (χ1n) is 11.4. The van der Waals surface area contributed by atoms with E-state index in [4.69, 9.17) is 16.3 Å². The molecule has 0 aliphatic carbocycles. The molecule has 1 fully saturated rings. The van der Waals surface area contributed by atoms with Gasteiger partial charge in [-0.25, -0.2) is 4.99 Å². The van der Waals surface area contributed by atoms with Gasteiger partial charge in [-0.1, -0.05) is 18.5 Å². The highest BCUT2D eigenvalue weighted by Crippen LogP contribution is 2.45. The number of carbonyl (C=O) groups is 1. The summed E-state index contributed by atoms with van der Waals surface area (Å²) < 4.78 is 5.47. The predicted molar refractivity (Wildman–Crippen MR) is 140 cm³/mol. The maximum Gasteiger partial charge on any atom is 0.264 e. The third kappa shape index (κ3) is 4.92. The van der Waals surface area contributed by atoms with E-state index in [1.807, 2.05) is 37.3 Å². The summed E-state index contributed by atoms with van der Waals surface area (Å²) in [5.41, 5.74) is 4.16. The van der Waals surface area contributed by atoms with Gasteiger partial charge in [0.15, 0.2) is 5.17 Å². The average molecular weight is 484 g/mol. The van der Waals surface area contributed by atoms with Gasteiger partial charge in [-0.2, -0.15) is 0 Å². The second-order valence-electron chi connectivity index (χ2n) is 9.00. The first-order chi connectivity index (χ1) is 15.7. The van der Waals surface area contributed by atoms with Crippen LogP contribution in [0.1, 0.15) is 58.1 Å². The minimum atomic E-state index is -0.164. The van der Waals surface area contributed by atoms with E-state index in [0.717, 1.165) is 30.0 Å². The van der Waals surface area contributed by atoms with Gasteiger partial charge >= 0.3 is 0 Å². The summed E-state index contributed by atoms with van der Waals surface area (Å²) in [6.07, 6.45) is 2.94. The molecular weight excluding hydrogens is 454 g/mol. The molecule has 1 saturated heterocycles. The molecule has 4 rings (SSSR count). The number of amidine groups is 1. The zero-order valence-electron chi connectivity index (χ0n) is 19.7. The summed E-state index contributed by atoms with van der Waals surface area (Å²) in [6.45, 7) is 12.5.